The van der Waals surface area contributed by atoms with Gasteiger partial charge in [-0.05, 0) is 25.1 Å². The van der Waals surface area contributed by atoms with E-state index in [2.05, 4.69) is 4.98 Å². The molecule has 0 saturated carbocycles. The molecule has 1 N–H and O–H groups in total. The number of nitrogens with zero attached hydrogens (tertiary/aromatic N) is 1. The zero-order valence-electron chi connectivity index (χ0n) is 14.2. The molecule has 1 aromatic heterocycles. The molecule has 25 heavy (non-hydrogen) atoms. The molecule has 0 radical (unpaired) electrons. The first kappa shape index (κ1) is 17.2. The molecule has 0 bridgehead atoms. The lowest BCUT2D eigenvalue weighted by Gasteiger charge is -2.26. The van der Waals surface area contributed by atoms with E-state index in [0.29, 0.717) is 31.1 Å². The second kappa shape index (κ2) is 7.53. The van der Waals surface area contributed by atoms with Gasteiger partial charge in [-0.3, -0.25) is 4.79 Å². The van der Waals surface area contributed by atoms with Crippen molar-refractivity contribution in [2.24, 2.45) is 5.92 Å². The Bertz CT molecular complexity index is 748. The standard InChI is InChI=1S/C19H21NO5/c1-12(25-18-7-3-6-17(22)14(18)9-21)15-10-24-11-16(15)13-5-4-8-20-19(13)23-2/h3-9,12,15-16,22H,10-11H2,1-2H3. The van der Waals surface area contributed by atoms with Crippen LogP contribution in [0.4, 0.5) is 0 Å². The summed E-state index contributed by atoms with van der Waals surface area (Å²) in [6.45, 7) is 3.04. The number of carbonyl (C=O) groups is 1. The molecule has 2 heterocycles. The van der Waals surface area contributed by atoms with Crippen molar-refractivity contribution in [3.05, 3.63) is 47.7 Å². The third kappa shape index (κ3) is 3.44. The lowest BCUT2D eigenvalue weighted by atomic mass is 9.86. The maximum Gasteiger partial charge on any atom is 0.216 e. The Balaban J connectivity index is 1.83. The normalized spacial score (nSPS) is 20.9. The average molecular weight is 343 g/mol. The van der Waals surface area contributed by atoms with E-state index in [0.717, 1.165) is 5.56 Å². The molecule has 1 fully saturated rings. The summed E-state index contributed by atoms with van der Waals surface area (Å²) < 4.78 is 17.0. The summed E-state index contributed by atoms with van der Waals surface area (Å²) in [5.41, 5.74) is 1.14. The third-order valence-corrected chi connectivity index (χ3v) is 4.59. The Kier molecular flexibility index (Phi) is 5.19. The number of benzene rings is 1. The Morgan fingerprint density at radius 2 is 2.16 bits per heavy atom. The minimum atomic E-state index is -0.224. The Hall–Kier alpha value is -2.60. The minimum Gasteiger partial charge on any atom is -0.507 e. The largest absolute Gasteiger partial charge is 0.507 e. The van der Waals surface area contributed by atoms with Crippen molar-refractivity contribution < 1.29 is 24.1 Å². The monoisotopic (exact) mass is 343 g/mol. The van der Waals surface area contributed by atoms with Crippen LogP contribution in [0.1, 0.15) is 28.8 Å². The lowest BCUT2D eigenvalue weighted by molar-refractivity contribution is 0.108. The van der Waals surface area contributed by atoms with Gasteiger partial charge in [-0.1, -0.05) is 12.1 Å². The molecule has 1 aromatic carbocycles. The van der Waals surface area contributed by atoms with Gasteiger partial charge in [0.05, 0.1) is 25.9 Å². The van der Waals surface area contributed by atoms with Crippen molar-refractivity contribution in [2.75, 3.05) is 20.3 Å². The summed E-state index contributed by atoms with van der Waals surface area (Å²) in [4.78, 5) is 15.5. The van der Waals surface area contributed by atoms with Gasteiger partial charge in [0, 0.05) is 23.6 Å². The predicted octanol–water partition coefficient (Wildman–Crippen LogP) is 2.81. The number of methoxy groups -OCH3 is 1. The number of phenols is 1. The van der Waals surface area contributed by atoms with Gasteiger partial charge in [-0.25, -0.2) is 4.98 Å². The van der Waals surface area contributed by atoms with Crippen molar-refractivity contribution in [1.29, 1.82) is 0 Å². The second-order valence-electron chi connectivity index (χ2n) is 6.04. The number of rotatable bonds is 6. The first-order valence-electron chi connectivity index (χ1n) is 8.16. The van der Waals surface area contributed by atoms with Crippen LogP contribution in [0.15, 0.2) is 36.5 Å². The van der Waals surface area contributed by atoms with E-state index in [4.69, 9.17) is 14.2 Å². The number of hydrogen-bond acceptors (Lipinski definition) is 6. The molecule has 3 unspecified atom stereocenters. The lowest BCUT2D eigenvalue weighted by Crippen LogP contribution is -2.29. The summed E-state index contributed by atoms with van der Waals surface area (Å²) in [6, 6.07) is 8.64. The van der Waals surface area contributed by atoms with E-state index in [1.165, 1.54) is 6.07 Å². The van der Waals surface area contributed by atoms with Crippen LogP contribution < -0.4 is 9.47 Å². The van der Waals surface area contributed by atoms with Crippen LogP contribution >= 0.6 is 0 Å². The van der Waals surface area contributed by atoms with E-state index < -0.39 is 0 Å². The smallest absolute Gasteiger partial charge is 0.216 e. The number of phenolic OH excluding ortho intramolecular Hbond substituents is 1. The maximum absolute atomic E-state index is 11.2. The predicted molar refractivity (Wildman–Crippen MR) is 91.4 cm³/mol. The molecule has 6 nitrogen and oxygen atoms in total. The van der Waals surface area contributed by atoms with Gasteiger partial charge >= 0.3 is 0 Å². The van der Waals surface area contributed by atoms with Gasteiger partial charge in [0.1, 0.15) is 17.6 Å². The zero-order chi connectivity index (χ0) is 17.8. The first-order chi connectivity index (χ1) is 12.2. The van der Waals surface area contributed by atoms with Crippen LogP contribution in [-0.2, 0) is 4.74 Å². The van der Waals surface area contributed by atoms with Gasteiger partial charge in [0.25, 0.3) is 0 Å². The van der Waals surface area contributed by atoms with Crippen molar-refractivity contribution in [2.45, 2.75) is 18.9 Å². The van der Waals surface area contributed by atoms with E-state index in [9.17, 15) is 9.90 Å². The van der Waals surface area contributed by atoms with Gasteiger partial charge in [0.2, 0.25) is 5.88 Å². The molecule has 3 rings (SSSR count). The highest BCUT2D eigenvalue weighted by molar-refractivity contribution is 5.83. The molecule has 0 amide bonds. The summed E-state index contributed by atoms with van der Waals surface area (Å²) in [5, 5.41) is 9.81. The quantitative estimate of drug-likeness (QED) is 0.813. The van der Waals surface area contributed by atoms with E-state index in [-0.39, 0.29) is 29.3 Å². The van der Waals surface area contributed by atoms with Crippen LogP contribution in [0.5, 0.6) is 17.4 Å². The summed E-state index contributed by atoms with van der Waals surface area (Å²) in [6.07, 6.45) is 2.07. The molecular weight excluding hydrogens is 322 g/mol. The SMILES string of the molecule is COc1ncccc1C1COCC1C(C)Oc1cccc(O)c1C=O. The van der Waals surface area contributed by atoms with E-state index in [1.54, 1.807) is 25.4 Å². The number of aldehydes is 1. The number of ether oxygens (including phenoxy) is 3. The number of hydrogen-bond donors (Lipinski definition) is 1. The number of pyridine rings is 1. The number of aromatic nitrogens is 1. The number of carbonyl (C=O) groups excluding carboxylic acids is 1. The van der Waals surface area contributed by atoms with Crippen molar-refractivity contribution >= 4 is 6.29 Å². The van der Waals surface area contributed by atoms with E-state index >= 15 is 0 Å². The molecule has 2 aromatic rings. The Morgan fingerprint density at radius 1 is 1.32 bits per heavy atom. The van der Waals surface area contributed by atoms with Crippen molar-refractivity contribution in [3.8, 4) is 17.4 Å². The van der Waals surface area contributed by atoms with Gasteiger partial charge in [-0.15, -0.1) is 0 Å². The van der Waals surface area contributed by atoms with E-state index in [1.807, 2.05) is 19.1 Å². The topological polar surface area (TPSA) is 77.9 Å². The first-order valence-corrected chi connectivity index (χ1v) is 8.16. The van der Waals surface area contributed by atoms with Crippen molar-refractivity contribution in [1.82, 2.24) is 4.98 Å². The molecule has 132 valence electrons. The Morgan fingerprint density at radius 3 is 2.92 bits per heavy atom. The maximum atomic E-state index is 11.2. The molecule has 6 heteroatoms. The fraction of sp³-hybridized carbons (Fsp3) is 0.368. The highest BCUT2D eigenvalue weighted by Gasteiger charge is 2.37. The van der Waals surface area contributed by atoms with Gasteiger partial charge in [0.15, 0.2) is 6.29 Å². The van der Waals surface area contributed by atoms with Crippen LogP contribution in [0.25, 0.3) is 0 Å². The summed E-state index contributed by atoms with van der Waals surface area (Å²) in [7, 11) is 1.60. The third-order valence-electron chi connectivity index (χ3n) is 4.59. The minimum absolute atomic E-state index is 0.0694. The molecule has 0 aliphatic carbocycles. The van der Waals surface area contributed by atoms with Crippen LogP contribution in [0.2, 0.25) is 0 Å². The fourth-order valence-corrected chi connectivity index (χ4v) is 3.25. The highest BCUT2D eigenvalue weighted by Crippen LogP contribution is 2.38. The number of aromatic hydroxyl groups is 1. The second-order valence-corrected chi connectivity index (χ2v) is 6.04. The summed E-state index contributed by atoms with van der Waals surface area (Å²) >= 11 is 0. The molecule has 1 aliphatic rings. The fourth-order valence-electron chi connectivity index (χ4n) is 3.25. The van der Waals surface area contributed by atoms with Gasteiger partial charge < -0.3 is 19.3 Å². The molecule has 1 saturated heterocycles. The molecular formula is C19H21NO5. The summed E-state index contributed by atoms with van der Waals surface area (Å²) in [5.74, 6) is 1.01. The van der Waals surface area contributed by atoms with Crippen LogP contribution in [-0.4, -0.2) is 42.8 Å². The van der Waals surface area contributed by atoms with Crippen LogP contribution in [0, 0.1) is 5.92 Å². The Labute approximate surface area is 146 Å². The van der Waals surface area contributed by atoms with Crippen LogP contribution in [0.3, 0.4) is 0 Å². The molecule has 3 atom stereocenters. The average Bonchev–Trinajstić information content (AvgIpc) is 3.11. The molecule has 0 spiro atoms. The zero-order valence-corrected chi connectivity index (χ0v) is 14.2. The van der Waals surface area contributed by atoms with Gasteiger partial charge in [-0.2, -0.15) is 0 Å². The molecule has 1 aliphatic heterocycles. The highest BCUT2D eigenvalue weighted by atomic mass is 16.5. The van der Waals surface area contributed by atoms with Crippen molar-refractivity contribution in [3.63, 3.8) is 0 Å².